The highest BCUT2D eigenvalue weighted by Gasteiger charge is 2.49. The molecule has 2 aromatic heterocycles. The fraction of sp³-hybridized carbons (Fsp3) is 0.508. The highest BCUT2D eigenvalue weighted by Crippen LogP contribution is 2.39. The number of aliphatic hydroxyl groups is 3. The minimum Gasteiger partial charge on any atom is -0.497 e. The molecule has 37 heteroatoms. The van der Waals surface area contributed by atoms with E-state index >= 15 is 4.79 Å². The van der Waals surface area contributed by atoms with E-state index < -0.39 is 182 Å². The predicted molar refractivity (Wildman–Crippen MR) is 344 cm³/mol. The number of carbonyl (C=O) groups is 13. The molecule has 7 N–H and O–H groups in total. The first kappa shape index (κ1) is 74.8. The Kier molecular flexibility index (Phi) is 23.4. The van der Waals surface area contributed by atoms with Crippen LogP contribution in [0.1, 0.15) is 74.9 Å². The molecule has 1 saturated carbocycles. The molecule has 0 bridgehead atoms. The molecule has 10 atom stereocenters. The van der Waals surface area contributed by atoms with E-state index in [2.05, 4.69) is 51.4 Å². The summed E-state index contributed by atoms with van der Waals surface area (Å²) >= 11 is 0. The Labute approximate surface area is 570 Å². The average Bonchev–Trinajstić information content (AvgIpc) is 1.05. The van der Waals surface area contributed by atoms with Crippen molar-refractivity contribution in [2.75, 3.05) is 81.8 Å². The smallest absolute Gasteiger partial charge is 0.331 e. The van der Waals surface area contributed by atoms with Gasteiger partial charge in [-0.25, -0.2) is 29.6 Å². The number of methoxy groups -OCH3 is 2. The van der Waals surface area contributed by atoms with Gasteiger partial charge in [-0.05, 0) is 64.3 Å². The summed E-state index contributed by atoms with van der Waals surface area (Å²) in [6.07, 6.45) is 0.793. The molecule has 2 aromatic carbocycles. The van der Waals surface area contributed by atoms with Crippen molar-refractivity contribution in [3.63, 3.8) is 0 Å². The number of likely N-dealkylation sites (N-methyl/N-ethyl adjacent to an activating group) is 4. The number of aromatic nitrogens is 4. The third kappa shape index (κ3) is 17.7. The summed E-state index contributed by atoms with van der Waals surface area (Å²) in [6, 6.07) is -2.86. The van der Waals surface area contributed by atoms with E-state index in [9.17, 15) is 72.9 Å². The van der Waals surface area contributed by atoms with Crippen LogP contribution in [-0.4, -0.2) is 296 Å². The quantitative estimate of drug-likeness (QED) is 0.0588. The molecule has 3 aliphatic heterocycles. The summed E-state index contributed by atoms with van der Waals surface area (Å²) in [5, 5.41) is 52.9. The van der Waals surface area contributed by atoms with Crippen molar-refractivity contribution in [1.82, 2.24) is 70.8 Å². The van der Waals surface area contributed by atoms with E-state index in [4.69, 9.17) is 23.7 Å². The molecule has 0 radical (unpaired) electrons. The number of cyclic esters (lactones) is 2. The molecule has 37 nitrogen and oxygen atoms in total. The number of ether oxygens (including phenoxy) is 5. The third-order valence-electron chi connectivity index (χ3n) is 16.7. The molecule has 536 valence electrons. The summed E-state index contributed by atoms with van der Waals surface area (Å²) in [6.45, 7) is 0.403. The van der Waals surface area contributed by atoms with Crippen LogP contribution in [0.4, 0.5) is 0 Å². The summed E-state index contributed by atoms with van der Waals surface area (Å²) in [5.41, 5.74) is -4.17. The molecule has 4 aliphatic rings. The normalized spacial score (nSPS) is 25.0. The molecule has 0 unspecified atom stereocenters. The van der Waals surface area contributed by atoms with Crippen molar-refractivity contribution in [3.05, 3.63) is 60.2 Å². The second kappa shape index (κ2) is 31.3. The summed E-state index contributed by atoms with van der Waals surface area (Å²) < 4.78 is 27.6. The minimum absolute atomic E-state index is 0.107. The predicted octanol–water partition coefficient (Wildman–Crippen LogP) is -3.97. The van der Waals surface area contributed by atoms with E-state index in [-0.39, 0.29) is 41.2 Å². The number of amides is 10. The minimum atomic E-state index is -2.19. The van der Waals surface area contributed by atoms with Crippen LogP contribution in [-0.2, 0) is 67.0 Å². The van der Waals surface area contributed by atoms with Gasteiger partial charge in [0, 0.05) is 65.6 Å². The molecule has 2 fully saturated rings. The molecule has 1 aliphatic carbocycles. The first-order chi connectivity index (χ1) is 47.1. The molecule has 8 rings (SSSR count). The van der Waals surface area contributed by atoms with Crippen LogP contribution >= 0.6 is 0 Å². The second-order valence-electron chi connectivity index (χ2n) is 25.3. The molecule has 0 spiro atoms. The molecule has 10 amide bonds. The van der Waals surface area contributed by atoms with E-state index in [0.29, 0.717) is 48.8 Å². The van der Waals surface area contributed by atoms with E-state index in [1.165, 1.54) is 50.6 Å². The fourth-order valence-corrected chi connectivity index (χ4v) is 11.0. The van der Waals surface area contributed by atoms with Crippen molar-refractivity contribution < 1.29 is 101 Å². The van der Waals surface area contributed by atoms with Crippen LogP contribution in [0.5, 0.6) is 11.5 Å². The van der Waals surface area contributed by atoms with Gasteiger partial charge in [0.15, 0.2) is 24.2 Å². The number of benzene rings is 2. The maximum Gasteiger partial charge on any atom is 0.331 e. The first-order valence-corrected chi connectivity index (χ1v) is 31.3. The lowest BCUT2D eigenvalue weighted by Gasteiger charge is -2.37. The van der Waals surface area contributed by atoms with Gasteiger partial charge in [-0.15, -0.1) is 0 Å². The standard InChI is InChI=1S/C63H78N16O21/c1-31-20-34(31)59(91)100-44-17-19-69-79-50(44)56(88)67-26-46(82)75(7)28-48(84)77(9)51(62(2,3)94)60(92)98-29-41(72-53(85)39-23-64-37-21-32(96-10)12-14-35(37)70-39)57(89)78-49(43(80)16-18-68-78)55(87)66-25-45(81)74(6)27-47(83)76(8)52(63(4,5)95)61(93)99-30-42(58(79)90)73-54(86)40-24-65-38-22-33(97-11)13-15-36(38)71-40/h12-15,18-19,21-24,31,34,41-44,49-52,80,94-95H,16-17,20,25-30H2,1-11H3,(H,66,87)(H,67,88)(H,72,85)(H,73,86)/t31-,34-,41-,42-,43+,44+,49+,50+,51-,52-/m1/s1. The van der Waals surface area contributed by atoms with Gasteiger partial charge in [0.05, 0.1) is 98.1 Å². The molecule has 1 saturated heterocycles. The van der Waals surface area contributed by atoms with Crippen molar-refractivity contribution >= 4 is 111 Å². The zero-order valence-electron chi connectivity index (χ0n) is 56.5. The van der Waals surface area contributed by atoms with Crippen molar-refractivity contribution in [2.24, 2.45) is 22.0 Å². The van der Waals surface area contributed by atoms with Gasteiger partial charge in [-0.2, -0.15) is 10.2 Å². The van der Waals surface area contributed by atoms with Gasteiger partial charge < -0.3 is 79.9 Å². The number of nitrogens with one attached hydrogen (secondary N) is 4. The zero-order chi connectivity index (χ0) is 73.4. The Hall–Kier alpha value is -11.0. The Morgan fingerprint density at radius 2 is 1.01 bits per heavy atom. The van der Waals surface area contributed by atoms with Crippen LogP contribution in [0.3, 0.4) is 0 Å². The van der Waals surface area contributed by atoms with Gasteiger partial charge >= 0.3 is 17.9 Å². The summed E-state index contributed by atoms with van der Waals surface area (Å²) in [7, 11) is 7.23. The number of esters is 3. The van der Waals surface area contributed by atoms with E-state index in [0.717, 1.165) is 90.5 Å². The van der Waals surface area contributed by atoms with Gasteiger partial charge in [0.25, 0.3) is 23.6 Å². The van der Waals surface area contributed by atoms with E-state index in [1.54, 1.807) is 6.92 Å². The highest BCUT2D eigenvalue weighted by molar-refractivity contribution is 6.01. The van der Waals surface area contributed by atoms with E-state index in [1.807, 2.05) is 0 Å². The molecule has 5 heterocycles. The topological polar surface area (TPSA) is 473 Å². The number of aliphatic hydroxyl groups excluding tert-OH is 1. The zero-order valence-corrected chi connectivity index (χ0v) is 56.5. The Morgan fingerprint density at radius 1 is 0.600 bits per heavy atom. The number of hydrogen-bond acceptors (Lipinski definition) is 27. The molecule has 100 heavy (non-hydrogen) atoms. The summed E-state index contributed by atoms with van der Waals surface area (Å²) in [5.74, 6) is -14.7. The Balaban J connectivity index is 1.13. The largest absolute Gasteiger partial charge is 0.497 e. The number of fused-ring (bicyclic) bond motifs is 4. The van der Waals surface area contributed by atoms with Gasteiger partial charge in [-0.3, -0.25) is 62.7 Å². The molecule has 4 aromatic rings. The lowest BCUT2D eigenvalue weighted by Crippen LogP contribution is -2.62. The maximum atomic E-state index is 15.2. The maximum absolute atomic E-state index is 15.2. The van der Waals surface area contributed by atoms with Crippen LogP contribution in [0.25, 0.3) is 22.1 Å². The number of hydrazone groups is 2. The van der Waals surface area contributed by atoms with Crippen molar-refractivity contribution in [2.45, 2.75) is 114 Å². The lowest BCUT2D eigenvalue weighted by atomic mass is 9.97. The average molecular weight is 1400 g/mol. The number of carbonyl (C=O) groups excluding carboxylic acids is 13. The monoisotopic (exact) mass is 1390 g/mol. The van der Waals surface area contributed by atoms with Crippen LogP contribution in [0.15, 0.2) is 59.0 Å². The highest BCUT2D eigenvalue weighted by atomic mass is 16.6. The van der Waals surface area contributed by atoms with Crippen molar-refractivity contribution in [3.8, 4) is 11.5 Å². The fourth-order valence-electron chi connectivity index (χ4n) is 11.0. The molecular weight excluding hydrogens is 1320 g/mol. The van der Waals surface area contributed by atoms with Gasteiger partial charge in [0.2, 0.25) is 35.4 Å². The summed E-state index contributed by atoms with van der Waals surface area (Å²) in [4.78, 5) is 206. The Morgan fingerprint density at radius 3 is 1.42 bits per heavy atom. The molecular formula is C63H78N16O21. The number of hydrogen-bond donors (Lipinski definition) is 7. The van der Waals surface area contributed by atoms with Crippen LogP contribution in [0, 0.1) is 11.8 Å². The lowest BCUT2D eigenvalue weighted by molar-refractivity contribution is -0.167. The first-order valence-electron chi connectivity index (χ1n) is 31.3. The van der Waals surface area contributed by atoms with Gasteiger partial charge in [0.1, 0.15) is 54.3 Å². The third-order valence-corrected chi connectivity index (χ3v) is 16.7. The van der Waals surface area contributed by atoms with Crippen molar-refractivity contribution in [1.29, 1.82) is 0 Å². The Bertz CT molecular complexity index is 3950. The van der Waals surface area contributed by atoms with Crippen LogP contribution < -0.4 is 30.7 Å². The second-order valence-corrected chi connectivity index (χ2v) is 25.3. The van der Waals surface area contributed by atoms with Gasteiger partial charge in [-0.1, -0.05) is 6.92 Å². The van der Waals surface area contributed by atoms with Crippen LogP contribution in [0.2, 0.25) is 0 Å². The SMILES string of the molecule is COc1ccc2nc(C(=O)N[C@@H]3COC(=O)[C@H](C(C)(C)O)N(C)C(=O)CN(C)C(=O)CNC(=O)[C@@H]4[C@@H](O)CC=NN4C(=O)[C@H](NC(=O)c4cnc5cc(OC)ccc5n4)COC(=O)[C@H](C(C)(C)O)N(C)C(=O)CN(C)C(=O)CNC(=O)[C@@H]4[C@@H](OC(=O)[C@@H]5C[C@H]5C)CC=NN4C3=O)cnc2c1. The number of rotatable bonds is 10. The number of nitrogens with zero attached hydrogens (tertiary/aromatic N) is 12.